The number of para-hydroxylation sites is 3. The van der Waals surface area contributed by atoms with E-state index in [0.717, 1.165) is 62.6 Å². The molecule has 0 radical (unpaired) electrons. The summed E-state index contributed by atoms with van der Waals surface area (Å²) in [6, 6.07) is 16.0. The Kier molecular flexibility index (Phi) is 10.5. The summed E-state index contributed by atoms with van der Waals surface area (Å²) in [7, 11) is 3.37. The van der Waals surface area contributed by atoms with E-state index in [1.807, 2.05) is 36.4 Å². The average Bonchev–Trinajstić information content (AvgIpc) is 2.81. The summed E-state index contributed by atoms with van der Waals surface area (Å²) in [5.41, 5.74) is 2.17. The number of carbonyl (C=O) groups is 1. The van der Waals surface area contributed by atoms with Crippen LogP contribution in [-0.2, 0) is 11.3 Å². The highest BCUT2D eigenvalue weighted by Crippen LogP contribution is 2.28. The number of anilines is 1. The lowest BCUT2D eigenvalue weighted by molar-refractivity contribution is -0.121. The molecule has 7 heteroatoms. The molecule has 31 heavy (non-hydrogen) atoms. The molecule has 1 saturated heterocycles. The molecule has 1 aliphatic rings. The number of rotatable bonds is 10. The number of piperazine rings is 1. The van der Waals surface area contributed by atoms with Crippen molar-refractivity contribution in [3.05, 3.63) is 54.1 Å². The number of ether oxygens (including phenoxy) is 2. The average molecular weight is 448 g/mol. The summed E-state index contributed by atoms with van der Waals surface area (Å²) in [5, 5.41) is 3.00. The molecule has 1 fully saturated rings. The molecule has 0 saturated carbocycles. The molecule has 0 bridgehead atoms. The first-order valence-electron chi connectivity index (χ1n) is 10.7. The fourth-order valence-corrected chi connectivity index (χ4v) is 3.86. The van der Waals surface area contributed by atoms with Gasteiger partial charge in [-0.3, -0.25) is 9.69 Å². The van der Waals surface area contributed by atoms with Crippen molar-refractivity contribution in [2.24, 2.45) is 0 Å². The number of benzene rings is 2. The Balaban J connectivity index is 0.00000341. The van der Waals surface area contributed by atoms with Gasteiger partial charge in [-0.15, -0.1) is 12.4 Å². The van der Waals surface area contributed by atoms with Gasteiger partial charge in [-0.05, 0) is 37.6 Å². The molecule has 2 aromatic rings. The third kappa shape index (κ3) is 7.33. The van der Waals surface area contributed by atoms with Crippen LogP contribution in [0.4, 0.5) is 5.69 Å². The quantitative estimate of drug-likeness (QED) is 0.562. The number of hydrogen-bond donors (Lipinski definition) is 1. The molecule has 1 amide bonds. The highest BCUT2D eigenvalue weighted by Gasteiger charge is 2.19. The van der Waals surface area contributed by atoms with Crippen LogP contribution in [0, 0.1) is 0 Å². The molecule has 3 rings (SSSR count). The van der Waals surface area contributed by atoms with E-state index in [9.17, 15) is 4.79 Å². The van der Waals surface area contributed by atoms with Crippen LogP contribution in [0.25, 0.3) is 0 Å². The lowest BCUT2D eigenvalue weighted by Gasteiger charge is -2.36. The number of hydrogen-bond acceptors (Lipinski definition) is 5. The van der Waals surface area contributed by atoms with Gasteiger partial charge < -0.3 is 19.7 Å². The summed E-state index contributed by atoms with van der Waals surface area (Å²) in [6.07, 6.45) is 2.51. The first-order valence-corrected chi connectivity index (χ1v) is 10.7. The van der Waals surface area contributed by atoms with Gasteiger partial charge in [0.05, 0.1) is 19.9 Å². The topological polar surface area (TPSA) is 54.0 Å². The third-order valence-electron chi connectivity index (χ3n) is 5.59. The summed E-state index contributed by atoms with van der Waals surface area (Å²) in [6.45, 7) is 5.63. The van der Waals surface area contributed by atoms with Crippen molar-refractivity contribution in [1.29, 1.82) is 0 Å². The molecule has 2 aromatic carbocycles. The van der Waals surface area contributed by atoms with Gasteiger partial charge in [-0.25, -0.2) is 0 Å². The normalized spacial score (nSPS) is 13.9. The monoisotopic (exact) mass is 447 g/mol. The first-order chi connectivity index (χ1) is 14.7. The SMILES string of the molecule is COc1ccccc1CNC(=O)CCCCN1CCN(c2ccccc2OC)CC1.Cl. The van der Waals surface area contributed by atoms with Gasteiger partial charge in [-0.1, -0.05) is 30.3 Å². The molecule has 1 heterocycles. The summed E-state index contributed by atoms with van der Waals surface area (Å²) in [4.78, 5) is 17.0. The van der Waals surface area contributed by atoms with Crippen LogP contribution in [0.2, 0.25) is 0 Å². The standard InChI is InChI=1S/C24H33N3O3.ClH/c1-29-22-11-5-3-9-20(22)19-25-24(28)13-7-8-14-26-15-17-27(18-16-26)21-10-4-6-12-23(21)30-2;/h3-6,9-12H,7-8,13-19H2,1-2H3,(H,25,28);1H. The minimum atomic E-state index is 0. The van der Waals surface area contributed by atoms with E-state index in [4.69, 9.17) is 9.47 Å². The van der Waals surface area contributed by atoms with E-state index in [1.165, 1.54) is 5.69 Å². The van der Waals surface area contributed by atoms with Gasteiger partial charge in [0.25, 0.3) is 0 Å². The van der Waals surface area contributed by atoms with Gasteiger partial charge in [-0.2, -0.15) is 0 Å². The molecule has 0 atom stereocenters. The lowest BCUT2D eigenvalue weighted by atomic mass is 10.1. The van der Waals surface area contributed by atoms with Crippen LogP contribution >= 0.6 is 12.4 Å². The van der Waals surface area contributed by atoms with Crippen LogP contribution in [-0.4, -0.2) is 57.8 Å². The van der Waals surface area contributed by atoms with E-state index in [0.29, 0.717) is 13.0 Å². The fraction of sp³-hybridized carbons (Fsp3) is 0.458. The number of halogens is 1. The van der Waals surface area contributed by atoms with Crippen molar-refractivity contribution in [2.45, 2.75) is 25.8 Å². The molecular weight excluding hydrogens is 414 g/mol. The molecule has 1 N–H and O–H groups in total. The lowest BCUT2D eigenvalue weighted by Crippen LogP contribution is -2.46. The Hall–Kier alpha value is -2.44. The number of nitrogens with one attached hydrogen (secondary N) is 1. The Labute approximate surface area is 191 Å². The van der Waals surface area contributed by atoms with Crippen molar-refractivity contribution in [3.63, 3.8) is 0 Å². The van der Waals surface area contributed by atoms with E-state index in [-0.39, 0.29) is 18.3 Å². The first kappa shape index (κ1) is 24.8. The molecule has 170 valence electrons. The second kappa shape index (κ2) is 13.1. The molecule has 0 aliphatic carbocycles. The van der Waals surface area contributed by atoms with Crippen LogP contribution < -0.4 is 19.7 Å². The smallest absolute Gasteiger partial charge is 0.220 e. The Morgan fingerprint density at radius 3 is 2.26 bits per heavy atom. The van der Waals surface area contributed by atoms with Crippen LogP contribution in [0.15, 0.2) is 48.5 Å². The number of carbonyl (C=O) groups excluding carboxylic acids is 1. The van der Waals surface area contributed by atoms with Crippen molar-refractivity contribution in [2.75, 3.05) is 51.8 Å². The predicted octanol–water partition coefficient (Wildman–Crippen LogP) is 3.73. The van der Waals surface area contributed by atoms with Crippen molar-refractivity contribution in [1.82, 2.24) is 10.2 Å². The summed E-state index contributed by atoms with van der Waals surface area (Å²) >= 11 is 0. The second-order valence-electron chi connectivity index (χ2n) is 7.55. The highest BCUT2D eigenvalue weighted by atomic mass is 35.5. The zero-order valence-corrected chi connectivity index (χ0v) is 19.3. The number of nitrogens with zero attached hydrogens (tertiary/aromatic N) is 2. The number of amides is 1. The molecule has 0 unspecified atom stereocenters. The Morgan fingerprint density at radius 1 is 0.903 bits per heavy atom. The maximum absolute atomic E-state index is 12.1. The minimum absolute atomic E-state index is 0. The zero-order valence-electron chi connectivity index (χ0n) is 18.5. The minimum Gasteiger partial charge on any atom is -0.496 e. The second-order valence-corrected chi connectivity index (χ2v) is 7.55. The van der Waals surface area contributed by atoms with Gasteiger partial charge in [0.15, 0.2) is 0 Å². The summed E-state index contributed by atoms with van der Waals surface area (Å²) in [5.74, 6) is 1.84. The summed E-state index contributed by atoms with van der Waals surface area (Å²) < 4.78 is 10.8. The maximum Gasteiger partial charge on any atom is 0.220 e. The molecule has 1 aliphatic heterocycles. The molecule has 0 aromatic heterocycles. The number of unbranched alkanes of at least 4 members (excludes halogenated alkanes) is 1. The molecule has 0 spiro atoms. The van der Waals surface area contributed by atoms with Crippen LogP contribution in [0.3, 0.4) is 0 Å². The van der Waals surface area contributed by atoms with Gasteiger partial charge in [0.1, 0.15) is 11.5 Å². The van der Waals surface area contributed by atoms with Crippen LogP contribution in [0.5, 0.6) is 11.5 Å². The fourth-order valence-electron chi connectivity index (χ4n) is 3.86. The Bertz CT molecular complexity index is 810. The van der Waals surface area contributed by atoms with Gasteiger partial charge >= 0.3 is 0 Å². The van der Waals surface area contributed by atoms with Gasteiger partial charge in [0.2, 0.25) is 5.91 Å². The third-order valence-corrected chi connectivity index (χ3v) is 5.59. The predicted molar refractivity (Wildman–Crippen MR) is 128 cm³/mol. The van der Waals surface area contributed by atoms with E-state index in [2.05, 4.69) is 27.2 Å². The van der Waals surface area contributed by atoms with E-state index < -0.39 is 0 Å². The van der Waals surface area contributed by atoms with Crippen molar-refractivity contribution < 1.29 is 14.3 Å². The van der Waals surface area contributed by atoms with E-state index >= 15 is 0 Å². The van der Waals surface area contributed by atoms with Crippen LogP contribution in [0.1, 0.15) is 24.8 Å². The molecular formula is C24H34ClN3O3. The largest absolute Gasteiger partial charge is 0.496 e. The zero-order chi connectivity index (χ0) is 21.2. The number of methoxy groups -OCH3 is 2. The Morgan fingerprint density at radius 2 is 1.55 bits per heavy atom. The van der Waals surface area contributed by atoms with Crippen molar-refractivity contribution >= 4 is 24.0 Å². The molecule has 6 nitrogen and oxygen atoms in total. The highest BCUT2D eigenvalue weighted by molar-refractivity contribution is 5.85. The van der Waals surface area contributed by atoms with E-state index in [1.54, 1.807) is 14.2 Å². The van der Waals surface area contributed by atoms with Gasteiger partial charge in [0, 0.05) is 44.7 Å². The van der Waals surface area contributed by atoms with Crippen molar-refractivity contribution in [3.8, 4) is 11.5 Å². The maximum atomic E-state index is 12.1.